The Balaban J connectivity index is 1.58. The van der Waals surface area contributed by atoms with E-state index in [0.29, 0.717) is 24.7 Å². The van der Waals surface area contributed by atoms with Crippen LogP contribution in [0.15, 0.2) is 11.6 Å². The molecule has 9 atom stereocenters. The highest BCUT2D eigenvalue weighted by atomic mass is 16.5. The average molecular weight is 515 g/mol. The third kappa shape index (κ3) is 3.37. The highest BCUT2D eigenvalue weighted by molar-refractivity contribution is 5.77. The number of carboxylic acids is 1. The Hall–Kier alpha value is -1.36. The van der Waals surface area contributed by atoms with Crippen molar-refractivity contribution < 1.29 is 24.5 Å². The Morgan fingerprint density at radius 3 is 2.16 bits per heavy atom. The number of carbonyl (C=O) groups excluding carboxylic acids is 1. The number of aliphatic carboxylic acids is 1. The lowest BCUT2D eigenvalue weighted by Gasteiger charge is -2.71. The van der Waals surface area contributed by atoms with Crippen molar-refractivity contribution in [2.24, 2.45) is 50.2 Å². The van der Waals surface area contributed by atoms with Crippen LogP contribution in [0.3, 0.4) is 0 Å². The maximum Gasteiger partial charge on any atom is 0.310 e. The van der Waals surface area contributed by atoms with Crippen molar-refractivity contribution in [2.45, 2.75) is 125 Å². The number of rotatable bonds is 2. The molecular formula is C32H50O5. The lowest BCUT2D eigenvalue weighted by atomic mass is 9.33. The van der Waals surface area contributed by atoms with Gasteiger partial charge in [0.15, 0.2) is 0 Å². The molecule has 0 saturated heterocycles. The second-order valence-electron chi connectivity index (χ2n) is 15.6. The van der Waals surface area contributed by atoms with Gasteiger partial charge in [0, 0.05) is 18.3 Å². The van der Waals surface area contributed by atoms with Crippen molar-refractivity contribution in [3.63, 3.8) is 0 Å². The molecule has 208 valence electrons. The van der Waals surface area contributed by atoms with Crippen LogP contribution in [0.5, 0.6) is 0 Å². The first-order valence-corrected chi connectivity index (χ1v) is 14.8. The number of esters is 1. The van der Waals surface area contributed by atoms with E-state index in [2.05, 4.69) is 54.5 Å². The smallest absolute Gasteiger partial charge is 0.310 e. The van der Waals surface area contributed by atoms with E-state index < -0.39 is 17.5 Å². The molecule has 4 fully saturated rings. The summed E-state index contributed by atoms with van der Waals surface area (Å²) in [6.45, 7) is 17.8. The molecule has 2 N–H and O–H groups in total. The SMILES string of the molecule is CC(=O)O[C@H]1CC[C@@]2(C)[C@@H](CC[C@]3(C)[C@H]2CC=C2[C@@H]4[C@H](O)C(C)(C)CC[C@]4(C(=O)O)CC[C@]23C)C1(C)C. The number of fused-ring (bicyclic) bond motifs is 7. The van der Waals surface area contributed by atoms with E-state index in [0.717, 1.165) is 44.9 Å². The van der Waals surface area contributed by atoms with E-state index in [1.54, 1.807) is 0 Å². The zero-order chi connectivity index (χ0) is 27.4. The molecule has 5 nitrogen and oxygen atoms in total. The second kappa shape index (κ2) is 8.08. The van der Waals surface area contributed by atoms with E-state index in [1.165, 1.54) is 12.5 Å². The molecule has 0 spiro atoms. The number of carbonyl (C=O) groups is 2. The summed E-state index contributed by atoms with van der Waals surface area (Å²) < 4.78 is 5.86. The molecule has 0 radical (unpaired) electrons. The normalized spacial score (nSPS) is 49.9. The van der Waals surface area contributed by atoms with Gasteiger partial charge < -0.3 is 14.9 Å². The minimum absolute atomic E-state index is 0.0387. The molecule has 0 aliphatic heterocycles. The first-order valence-electron chi connectivity index (χ1n) is 14.8. The van der Waals surface area contributed by atoms with Crippen molar-refractivity contribution in [2.75, 3.05) is 0 Å². The Kier molecular flexibility index (Phi) is 5.95. The summed E-state index contributed by atoms with van der Waals surface area (Å²) in [6.07, 6.45) is 9.73. The Morgan fingerprint density at radius 2 is 1.54 bits per heavy atom. The molecule has 4 saturated carbocycles. The van der Waals surface area contributed by atoms with E-state index in [4.69, 9.17) is 4.74 Å². The zero-order valence-electron chi connectivity index (χ0n) is 24.4. The summed E-state index contributed by atoms with van der Waals surface area (Å²) >= 11 is 0. The number of hydrogen-bond acceptors (Lipinski definition) is 4. The number of carboxylic acid groups (broad SMARTS) is 1. The highest BCUT2D eigenvalue weighted by Crippen LogP contribution is 2.75. The van der Waals surface area contributed by atoms with Gasteiger partial charge in [0.05, 0.1) is 11.5 Å². The topological polar surface area (TPSA) is 83.8 Å². The van der Waals surface area contributed by atoms with Gasteiger partial charge >= 0.3 is 11.9 Å². The molecule has 0 bridgehead atoms. The number of hydrogen-bond donors (Lipinski definition) is 2. The summed E-state index contributed by atoms with van der Waals surface area (Å²) in [4.78, 5) is 24.7. The van der Waals surface area contributed by atoms with Crippen molar-refractivity contribution in [3.05, 3.63) is 11.6 Å². The molecule has 37 heavy (non-hydrogen) atoms. The number of aliphatic hydroxyl groups excluding tert-OH is 1. The van der Waals surface area contributed by atoms with Gasteiger partial charge in [-0.05, 0) is 91.3 Å². The number of ether oxygens (including phenoxy) is 1. The molecule has 5 aliphatic rings. The third-order valence-corrected chi connectivity index (χ3v) is 13.5. The quantitative estimate of drug-likeness (QED) is 0.314. The predicted molar refractivity (Wildman–Crippen MR) is 144 cm³/mol. The number of aliphatic hydroxyl groups is 1. The van der Waals surface area contributed by atoms with Gasteiger partial charge in [0.25, 0.3) is 0 Å². The standard InChI is InChI=1S/C32H50O5/c1-19(33)37-23-12-13-29(6)21(28(23,4)5)11-14-31(8)22(29)10-9-20-24-25(34)27(2,3)15-17-32(24,26(35)36)18-16-30(20,31)7/h9,21-25,34H,10-18H2,1-8H3,(H,35,36)/t21-,22-,23-,24+,25-,29-,30+,31+,32-/m0/s1. The van der Waals surface area contributed by atoms with E-state index in [1.807, 2.05) is 0 Å². The molecule has 0 amide bonds. The minimum Gasteiger partial charge on any atom is -0.481 e. The van der Waals surface area contributed by atoms with Crippen LogP contribution in [0, 0.1) is 50.2 Å². The first-order chi connectivity index (χ1) is 17.0. The fraction of sp³-hybridized carbons (Fsp3) is 0.875. The fourth-order valence-electron chi connectivity index (χ4n) is 11.0. The van der Waals surface area contributed by atoms with Gasteiger partial charge in [0.2, 0.25) is 0 Å². The zero-order valence-corrected chi connectivity index (χ0v) is 24.4. The molecule has 5 rings (SSSR count). The molecule has 0 aromatic heterocycles. The van der Waals surface area contributed by atoms with E-state index >= 15 is 0 Å². The molecule has 0 unspecified atom stereocenters. The van der Waals surface area contributed by atoms with Gasteiger partial charge in [0.1, 0.15) is 6.10 Å². The van der Waals surface area contributed by atoms with Crippen LogP contribution in [-0.4, -0.2) is 34.4 Å². The monoisotopic (exact) mass is 514 g/mol. The van der Waals surface area contributed by atoms with Crippen molar-refractivity contribution in [1.82, 2.24) is 0 Å². The van der Waals surface area contributed by atoms with Crippen LogP contribution in [0.1, 0.15) is 113 Å². The molecule has 0 heterocycles. The van der Waals surface area contributed by atoms with Gasteiger partial charge in [-0.15, -0.1) is 0 Å². The lowest BCUT2D eigenvalue weighted by molar-refractivity contribution is -0.217. The number of allylic oxidation sites excluding steroid dienone is 1. The molecule has 5 aliphatic carbocycles. The van der Waals surface area contributed by atoms with Gasteiger partial charge in [-0.25, -0.2) is 0 Å². The second-order valence-corrected chi connectivity index (χ2v) is 15.6. The molecular weight excluding hydrogens is 464 g/mol. The maximum atomic E-state index is 12.9. The van der Waals surface area contributed by atoms with E-state index in [-0.39, 0.29) is 45.1 Å². The average Bonchev–Trinajstić information content (AvgIpc) is 2.78. The van der Waals surface area contributed by atoms with Crippen molar-refractivity contribution in [1.29, 1.82) is 0 Å². The van der Waals surface area contributed by atoms with Crippen LogP contribution < -0.4 is 0 Å². The van der Waals surface area contributed by atoms with Crippen LogP contribution in [0.25, 0.3) is 0 Å². The maximum absolute atomic E-state index is 12.9. The van der Waals surface area contributed by atoms with E-state index in [9.17, 15) is 19.8 Å². The Labute approximate surface area is 223 Å². The molecule has 0 aromatic rings. The highest BCUT2D eigenvalue weighted by Gasteiger charge is 2.70. The predicted octanol–water partition coefficient (Wildman–Crippen LogP) is 6.78. The first kappa shape index (κ1) is 27.2. The van der Waals surface area contributed by atoms with Crippen LogP contribution >= 0.6 is 0 Å². The largest absolute Gasteiger partial charge is 0.481 e. The Bertz CT molecular complexity index is 1030. The Morgan fingerprint density at radius 1 is 0.892 bits per heavy atom. The summed E-state index contributed by atoms with van der Waals surface area (Å²) in [5.41, 5.74) is 0.0637. The van der Waals surface area contributed by atoms with Crippen molar-refractivity contribution in [3.8, 4) is 0 Å². The summed E-state index contributed by atoms with van der Waals surface area (Å²) in [6, 6.07) is 0. The third-order valence-electron chi connectivity index (χ3n) is 13.5. The van der Waals surface area contributed by atoms with Crippen LogP contribution in [0.4, 0.5) is 0 Å². The van der Waals surface area contributed by atoms with Gasteiger partial charge in [-0.1, -0.05) is 60.1 Å². The fourth-order valence-corrected chi connectivity index (χ4v) is 11.0. The van der Waals surface area contributed by atoms with Gasteiger partial charge in [-0.3, -0.25) is 9.59 Å². The summed E-state index contributed by atoms with van der Waals surface area (Å²) in [5, 5.41) is 22.3. The van der Waals surface area contributed by atoms with Crippen LogP contribution in [-0.2, 0) is 14.3 Å². The molecule has 5 heteroatoms. The summed E-state index contributed by atoms with van der Waals surface area (Å²) in [5.74, 6) is -0.264. The minimum atomic E-state index is -0.853. The summed E-state index contributed by atoms with van der Waals surface area (Å²) in [7, 11) is 0. The van der Waals surface area contributed by atoms with Gasteiger partial charge in [-0.2, -0.15) is 0 Å². The van der Waals surface area contributed by atoms with Crippen LogP contribution in [0.2, 0.25) is 0 Å². The van der Waals surface area contributed by atoms with Crippen molar-refractivity contribution >= 4 is 11.9 Å². The molecule has 0 aromatic carbocycles. The lowest BCUT2D eigenvalue weighted by Crippen LogP contribution is -2.66.